The number of fused-ring (bicyclic) bond motifs is 1. The zero-order chi connectivity index (χ0) is 19.9. The first-order chi connectivity index (χ1) is 13.5. The van der Waals surface area contributed by atoms with Crippen LogP contribution in [0, 0.1) is 5.92 Å². The van der Waals surface area contributed by atoms with Crippen LogP contribution < -0.4 is 15.5 Å². The molecule has 0 amide bonds. The average Bonchev–Trinajstić information content (AvgIpc) is 2.67. The Kier molecular flexibility index (Phi) is 7.22. The van der Waals surface area contributed by atoms with Gasteiger partial charge in [0.25, 0.3) is 0 Å². The van der Waals surface area contributed by atoms with Crippen molar-refractivity contribution in [3.05, 3.63) is 24.3 Å². The van der Waals surface area contributed by atoms with E-state index in [2.05, 4.69) is 82.8 Å². The first-order valence-corrected chi connectivity index (χ1v) is 10.2. The lowest BCUT2D eigenvalue weighted by Gasteiger charge is -2.39. The fourth-order valence-electron chi connectivity index (χ4n) is 3.56. The molecule has 1 aromatic rings. The van der Waals surface area contributed by atoms with Gasteiger partial charge in [-0.2, -0.15) is 15.0 Å². The Balaban J connectivity index is 1.79. The van der Waals surface area contributed by atoms with Gasteiger partial charge in [0.1, 0.15) is 0 Å². The Morgan fingerprint density at radius 3 is 2.14 bits per heavy atom. The first-order valence-electron chi connectivity index (χ1n) is 10.2. The number of likely N-dealkylation sites (N-methyl/N-ethyl adjacent to an activating group) is 2. The van der Waals surface area contributed by atoms with Crippen molar-refractivity contribution < 1.29 is 0 Å². The van der Waals surface area contributed by atoms with Gasteiger partial charge in [0, 0.05) is 38.6 Å². The van der Waals surface area contributed by atoms with Crippen molar-refractivity contribution in [2.45, 2.75) is 18.9 Å². The number of nitrogens with zero attached hydrogens (tertiary/aromatic N) is 6. The van der Waals surface area contributed by atoms with Crippen LogP contribution in [0.4, 0.5) is 17.8 Å². The van der Waals surface area contributed by atoms with Crippen LogP contribution in [0.3, 0.4) is 0 Å². The molecular weight excluding hydrogens is 352 g/mol. The van der Waals surface area contributed by atoms with Gasteiger partial charge in [-0.15, -0.1) is 0 Å². The largest absolute Gasteiger partial charge is 0.353 e. The molecule has 3 rings (SSSR count). The fraction of sp³-hybridized carbons (Fsp3) is 0.650. The summed E-state index contributed by atoms with van der Waals surface area (Å²) in [5.74, 6) is 2.56. The van der Waals surface area contributed by atoms with Gasteiger partial charge in [-0.3, -0.25) is 0 Å². The van der Waals surface area contributed by atoms with E-state index in [-0.39, 0.29) is 0 Å². The van der Waals surface area contributed by atoms with Gasteiger partial charge >= 0.3 is 0 Å². The molecule has 8 heteroatoms. The summed E-state index contributed by atoms with van der Waals surface area (Å²) in [6.45, 7) is 4.40. The molecule has 154 valence electrons. The minimum absolute atomic E-state index is 0.324. The molecule has 1 fully saturated rings. The summed E-state index contributed by atoms with van der Waals surface area (Å²) in [4.78, 5) is 20.7. The maximum absolute atomic E-state index is 4.75. The molecule has 0 aromatic carbocycles. The Hall–Kier alpha value is -2.19. The van der Waals surface area contributed by atoms with Crippen molar-refractivity contribution >= 4 is 17.8 Å². The summed E-state index contributed by atoms with van der Waals surface area (Å²) in [6, 6.07) is 0.324. The van der Waals surface area contributed by atoms with E-state index in [9.17, 15) is 0 Å². The lowest BCUT2D eigenvalue weighted by atomic mass is 9.86. The van der Waals surface area contributed by atoms with Gasteiger partial charge in [0.15, 0.2) is 0 Å². The average molecular weight is 387 g/mol. The molecule has 2 atom stereocenters. The minimum Gasteiger partial charge on any atom is -0.353 e. The maximum Gasteiger partial charge on any atom is 0.232 e. The third-order valence-corrected chi connectivity index (χ3v) is 5.08. The standard InChI is InChI=1S/C20H34N8/c1-26(2)14-11-21-18-23-19(22-12-15-27(3)4)25-20(24-18)28-13-7-9-16-8-5-6-10-17(16)28/h5-6,8,10,16-17H,7,9,11-15H2,1-4H3,(H2,21,22,23,24,25). The summed E-state index contributed by atoms with van der Waals surface area (Å²) >= 11 is 0. The van der Waals surface area contributed by atoms with Crippen LogP contribution in [0.15, 0.2) is 24.3 Å². The predicted octanol–water partition coefficient (Wildman–Crippen LogP) is 1.53. The SMILES string of the molecule is CN(C)CCNc1nc(NCCN(C)C)nc(N2CCCC3C=CC=CC32)n1. The Labute approximate surface area is 168 Å². The second-order valence-electron chi connectivity index (χ2n) is 8.00. The lowest BCUT2D eigenvalue weighted by Crippen LogP contribution is -2.45. The molecule has 2 aliphatic rings. The van der Waals surface area contributed by atoms with Crippen LogP contribution >= 0.6 is 0 Å². The molecule has 2 heterocycles. The Morgan fingerprint density at radius 2 is 1.54 bits per heavy atom. The highest BCUT2D eigenvalue weighted by molar-refractivity contribution is 5.47. The van der Waals surface area contributed by atoms with E-state index < -0.39 is 0 Å². The van der Waals surface area contributed by atoms with Crippen LogP contribution in [0.25, 0.3) is 0 Å². The third-order valence-electron chi connectivity index (χ3n) is 5.08. The van der Waals surface area contributed by atoms with Crippen molar-refractivity contribution in [1.29, 1.82) is 0 Å². The van der Waals surface area contributed by atoms with Crippen LogP contribution in [0.5, 0.6) is 0 Å². The number of nitrogens with one attached hydrogen (secondary N) is 2. The molecule has 0 radical (unpaired) electrons. The molecule has 1 aliphatic heterocycles. The summed E-state index contributed by atoms with van der Waals surface area (Å²) in [5, 5.41) is 6.71. The maximum atomic E-state index is 4.75. The third kappa shape index (κ3) is 5.65. The topological polar surface area (TPSA) is 72.5 Å². The van der Waals surface area contributed by atoms with Gasteiger partial charge in [0.2, 0.25) is 17.8 Å². The van der Waals surface area contributed by atoms with Gasteiger partial charge in [-0.25, -0.2) is 0 Å². The monoisotopic (exact) mass is 386 g/mol. The van der Waals surface area contributed by atoms with Crippen molar-refractivity contribution in [2.24, 2.45) is 5.92 Å². The van der Waals surface area contributed by atoms with Crippen molar-refractivity contribution in [3.63, 3.8) is 0 Å². The predicted molar refractivity (Wildman–Crippen MR) is 116 cm³/mol. The minimum atomic E-state index is 0.324. The molecular formula is C20H34N8. The fourth-order valence-corrected chi connectivity index (χ4v) is 3.56. The summed E-state index contributed by atoms with van der Waals surface area (Å²) in [5.41, 5.74) is 0. The van der Waals surface area contributed by atoms with Crippen LogP contribution in [-0.4, -0.2) is 91.7 Å². The molecule has 0 saturated carbocycles. The normalized spacial score (nSPS) is 21.3. The van der Waals surface area contributed by atoms with E-state index in [0.717, 1.165) is 45.1 Å². The number of hydrogen-bond acceptors (Lipinski definition) is 8. The first kappa shape index (κ1) is 20.5. The summed E-state index contributed by atoms with van der Waals surface area (Å²) < 4.78 is 0. The molecule has 2 unspecified atom stereocenters. The second kappa shape index (κ2) is 9.84. The van der Waals surface area contributed by atoms with E-state index in [1.807, 2.05) is 0 Å². The van der Waals surface area contributed by atoms with E-state index in [1.54, 1.807) is 0 Å². The highest BCUT2D eigenvalue weighted by Gasteiger charge is 2.31. The number of rotatable bonds is 9. The van der Waals surface area contributed by atoms with Gasteiger partial charge in [0.05, 0.1) is 6.04 Å². The van der Waals surface area contributed by atoms with Crippen LogP contribution in [-0.2, 0) is 0 Å². The number of piperidine rings is 1. The zero-order valence-corrected chi connectivity index (χ0v) is 17.6. The Bertz CT molecular complexity index is 653. The molecule has 2 N–H and O–H groups in total. The molecule has 1 aliphatic carbocycles. The van der Waals surface area contributed by atoms with E-state index in [1.165, 1.54) is 6.42 Å². The van der Waals surface area contributed by atoms with Crippen molar-refractivity contribution in [1.82, 2.24) is 24.8 Å². The van der Waals surface area contributed by atoms with Gasteiger partial charge < -0.3 is 25.3 Å². The molecule has 0 bridgehead atoms. The molecule has 1 saturated heterocycles. The highest BCUT2D eigenvalue weighted by Crippen LogP contribution is 2.31. The smallest absolute Gasteiger partial charge is 0.232 e. The van der Waals surface area contributed by atoms with Gasteiger partial charge in [-0.1, -0.05) is 24.3 Å². The summed E-state index contributed by atoms with van der Waals surface area (Å²) in [7, 11) is 8.24. The number of aromatic nitrogens is 3. The van der Waals surface area contributed by atoms with Crippen molar-refractivity contribution in [3.8, 4) is 0 Å². The number of anilines is 3. The number of hydrogen-bond donors (Lipinski definition) is 2. The van der Waals surface area contributed by atoms with Crippen LogP contribution in [0.2, 0.25) is 0 Å². The zero-order valence-electron chi connectivity index (χ0n) is 17.6. The lowest BCUT2D eigenvalue weighted by molar-refractivity contribution is 0.415. The van der Waals surface area contributed by atoms with E-state index in [0.29, 0.717) is 23.9 Å². The van der Waals surface area contributed by atoms with E-state index in [4.69, 9.17) is 9.97 Å². The Morgan fingerprint density at radius 1 is 0.929 bits per heavy atom. The van der Waals surface area contributed by atoms with Crippen LogP contribution in [0.1, 0.15) is 12.8 Å². The number of allylic oxidation sites excluding steroid dienone is 2. The van der Waals surface area contributed by atoms with Gasteiger partial charge in [-0.05, 0) is 41.0 Å². The quantitative estimate of drug-likeness (QED) is 0.662. The summed E-state index contributed by atoms with van der Waals surface area (Å²) in [6.07, 6.45) is 11.2. The van der Waals surface area contributed by atoms with E-state index >= 15 is 0 Å². The highest BCUT2D eigenvalue weighted by atomic mass is 15.3. The molecule has 8 nitrogen and oxygen atoms in total. The molecule has 28 heavy (non-hydrogen) atoms. The molecule has 0 spiro atoms. The molecule has 1 aromatic heterocycles. The van der Waals surface area contributed by atoms with Crippen molar-refractivity contribution in [2.75, 3.05) is 76.4 Å². The second-order valence-corrected chi connectivity index (χ2v) is 8.00.